The van der Waals surface area contributed by atoms with E-state index in [1.54, 1.807) is 17.0 Å². The molecule has 2 fully saturated rings. The van der Waals surface area contributed by atoms with E-state index in [0.717, 1.165) is 18.4 Å². The normalized spacial score (nSPS) is 17.3. The standard InChI is InChI=1S/C21H28FN3O3/c1-2-24(14-19(26)23-13-15-3-7-18(22)8-4-15)20(27)17-9-11-25(12-10-17)21(28)16-5-6-16/h3-4,7-8,16-17H,2,5-6,9-14H2,1H3,(H,23,26). The number of nitrogens with zero attached hydrogens (tertiary/aromatic N) is 2. The number of carbonyl (C=O) groups is 3. The molecule has 0 radical (unpaired) electrons. The van der Waals surface area contributed by atoms with Crippen LogP contribution in [0.2, 0.25) is 0 Å². The van der Waals surface area contributed by atoms with Crippen molar-refractivity contribution in [3.05, 3.63) is 35.6 Å². The molecule has 1 saturated carbocycles. The number of hydrogen-bond donors (Lipinski definition) is 1. The van der Waals surface area contributed by atoms with Gasteiger partial charge in [-0.15, -0.1) is 0 Å². The number of amides is 3. The van der Waals surface area contributed by atoms with Crippen LogP contribution in [0.25, 0.3) is 0 Å². The zero-order valence-electron chi connectivity index (χ0n) is 16.3. The Balaban J connectivity index is 1.44. The van der Waals surface area contributed by atoms with Crippen LogP contribution in [-0.4, -0.2) is 53.7 Å². The lowest BCUT2D eigenvalue weighted by Gasteiger charge is -2.34. The lowest BCUT2D eigenvalue weighted by Crippen LogP contribution is -2.47. The lowest BCUT2D eigenvalue weighted by molar-refractivity contribution is -0.143. The van der Waals surface area contributed by atoms with Gasteiger partial charge in [0.25, 0.3) is 0 Å². The molecule has 0 aromatic heterocycles. The fraction of sp³-hybridized carbons (Fsp3) is 0.571. The molecule has 2 aliphatic rings. The second-order valence-corrected chi connectivity index (χ2v) is 7.63. The van der Waals surface area contributed by atoms with Crippen molar-refractivity contribution in [3.63, 3.8) is 0 Å². The van der Waals surface area contributed by atoms with Crippen molar-refractivity contribution in [2.75, 3.05) is 26.2 Å². The monoisotopic (exact) mass is 389 g/mol. The number of carbonyl (C=O) groups excluding carboxylic acids is 3. The van der Waals surface area contributed by atoms with Gasteiger partial charge in [-0.2, -0.15) is 0 Å². The third-order valence-corrected chi connectivity index (χ3v) is 5.51. The van der Waals surface area contributed by atoms with E-state index in [0.29, 0.717) is 39.0 Å². The average molecular weight is 389 g/mol. The molecule has 1 aromatic carbocycles. The molecular weight excluding hydrogens is 361 g/mol. The van der Waals surface area contributed by atoms with Crippen molar-refractivity contribution in [1.29, 1.82) is 0 Å². The highest BCUT2D eigenvalue weighted by Crippen LogP contribution is 2.32. The second kappa shape index (κ2) is 9.17. The minimum absolute atomic E-state index is 0.0117. The summed E-state index contributed by atoms with van der Waals surface area (Å²) in [5.74, 6) is -0.253. The number of likely N-dealkylation sites (N-methyl/N-ethyl adjacent to an activating group) is 1. The van der Waals surface area contributed by atoms with Crippen molar-refractivity contribution in [3.8, 4) is 0 Å². The van der Waals surface area contributed by atoms with Crippen molar-refractivity contribution < 1.29 is 18.8 Å². The Morgan fingerprint density at radius 2 is 1.71 bits per heavy atom. The molecule has 3 rings (SSSR count). The van der Waals surface area contributed by atoms with Crippen LogP contribution in [0.15, 0.2) is 24.3 Å². The van der Waals surface area contributed by atoms with E-state index < -0.39 is 0 Å². The molecule has 28 heavy (non-hydrogen) atoms. The minimum Gasteiger partial charge on any atom is -0.350 e. The number of piperidine rings is 1. The molecule has 0 unspecified atom stereocenters. The Kier molecular flexibility index (Phi) is 6.65. The molecule has 3 amide bonds. The van der Waals surface area contributed by atoms with Crippen LogP contribution in [0, 0.1) is 17.7 Å². The SMILES string of the molecule is CCN(CC(=O)NCc1ccc(F)cc1)C(=O)C1CCN(C(=O)C2CC2)CC1. The molecule has 152 valence electrons. The first-order valence-electron chi connectivity index (χ1n) is 10.1. The summed E-state index contributed by atoms with van der Waals surface area (Å²) in [5.41, 5.74) is 0.803. The van der Waals surface area contributed by atoms with Crippen molar-refractivity contribution in [2.24, 2.45) is 11.8 Å². The summed E-state index contributed by atoms with van der Waals surface area (Å²) in [4.78, 5) is 40.6. The number of halogens is 1. The van der Waals surface area contributed by atoms with E-state index in [2.05, 4.69) is 5.32 Å². The summed E-state index contributed by atoms with van der Waals surface area (Å²) in [7, 11) is 0. The maximum atomic E-state index is 12.9. The topological polar surface area (TPSA) is 69.7 Å². The Bertz CT molecular complexity index is 710. The number of hydrogen-bond acceptors (Lipinski definition) is 3. The Morgan fingerprint density at radius 3 is 2.29 bits per heavy atom. The third kappa shape index (κ3) is 5.30. The average Bonchev–Trinajstić information content (AvgIpc) is 3.56. The van der Waals surface area contributed by atoms with Crippen molar-refractivity contribution >= 4 is 17.7 Å². The van der Waals surface area contributed by atoms with Gasteiger partial charge >= 0.3 is 0 Å². The van der Waals surface area contributed by atoms with E-state index >= 15 is 0 Å². The maximum absolute atomic E-state index is 12.9. The first kappa shape index (κ1) is 20.3. The van der Waals surface area contributed by atoms with Gasteiger partial charge in [0, 0.05) is 38.0 Å². The fourth-order valence-corrected chi connectivity index (χ4v) is 3.57. The van der Waals surface area contributed by atoms with Gasteiger partial charge in [0.2, 0.25) is 17.7 Å². The van der Waals surface area contributed by atoms with Gasteiger partial charge in [0.15, 0.2) is 0 Å². The van der Waals surface area contributed by atoms with Crippen LogP contribution in [0.3, 0.4) is 0 Å². The zero-order chi connectivity index (χ0) is 20.1. The van der Waals surface area contributed by atoms with Crippen LogP contribution in [0.5, 0.6) is 0 Å². The van der Waals surface area contributed by atoms with Crippen LogP contribution >= 0.6 is 0 Å². The first-order chi connectivity index (χ1) is 13.5. The molecule has 1 aliphatic heterocycles. The summed E-state index contributed by atoms with van der Waals surface area (Å²) in [6, 6.07) is 5.94. The van der Waals surface area contributed by atoms with Gasteiger partial charge in [0.05, 0.1) is 6.54 Å². The summed E-state index contributed by atoms with van der Waals surface area (Å²) in [5, 5.41) is 2.77. The number of benzene rings is 1. The zero-order valence-corrected chi connectivity index (χ0v) is 16.3. The molecule has 0 atom stereocenters. The quantitative estimate of drug-likeness (QED) is 0.775. The maximum Gasteiger partial charge on any atom is 0.239 e. The smallest absolute Gasteiger partial charge is 0.239 e. The highest BCUT2D eigenvalue weighted by molar-refractivity contribution is 5.86. The molecule has 0 spiro atoms. The fourth-order valence-electron chi connectivity index (χ4n) is 3.57. The molecule has 0 bridgehead atoms. The Labute approximate surface area is 165 Å². The highest BCUT2D eigenvalue weighted by Gasteiger charge is 2.36. The molecule has 7 heteroatoms. The molecule has 1 heterocycles. The van der Waals surface area contributed by atoms with Gasteiger partial charge in [-0.25, -0.2) is 4.39 Å². The van der Waals surface area contributed by atoms with E-state index in [1.807, 2.05) is 11.8 Å². The molecule has 1 aromatic rings. The molecule has 1 N–H and O–H groups in total. The van der Waals surface area contributed by atoms with E-state index in [1.165, 1.54) is 12.1 Å². The Hall–Kier alpha value is -2.44. The highest BCUT2D eigenvalue weighted by atomic mass is 19.1. The van der Waals surface area contributed by atoms with Crippen LogP contribution in [-0.2, 0) is 20.9 Å². The van der Waals surface area contributed by atoms with Gasteiger partial charge in [-0.05, 0) is 50.3 Å². The predicted octanol–water partition coefficient (Wildman–Crippen LogP) is 1.94. The van der Waals surface area contributed by atoms with Gasteiger partial charge < -0.3 is 15.1 Å². The largest absolute Gasteiger partial charge is 0.350 e. The van der Waals surface area contributed by atoms with E-state index in [-0.39, 0.29) is 41.9 Å². The number of rotatable bonds is 7. The first-order valence-corrected chi connectivity index (χ1v) is 10.1. The molecule has 1 aliphatic carbocycles. The number of nitrogens with one attached hydrogen (secondary N) is 1. The van der Waals surface area contributed by atoms with Crippen LogP contribution < -0.4 is 5.32 Å². The van der Waals surface area contributed by atoms with E-state index in [9.17, 15) is 18.8 Å². The summed E-state index contributed by atoms with van der Waals surface area (Å²) < 4.78 is 12.9. The summed E-state index contributed by atoms with van der Waals surface area (Å²) >= 11 is 0. The predicted molar refractivity (Wildman–Crippen MR) is 103 cm³/mol. The number of likely N-dealkylation sites (tertiary alicyclic amines) is 1. The summed E-state index contributed by atoms with van der Waals surface area (Å²) in [6.07, 6.45) is 3.30. The molecule has 6 nitrogen and oxygen atoms in total. The van der Waals surface area contributed by atoms with Gasteiger partial charge in [-0.1, -0.05) is 12.1 Å². The molecule has 1 saturated heterocycles. The van der Waals surface area contributed by atoms with Gasteiger partial charge in [0.1, 0.15) is 5.82 Å². The van der Waals surface area contributed by atoms with Crippen LogP contribution in [0.1, 0.15) is 38.2 Å². The second-order valence-electron chi connectivity index (χ2n) is 7.63. The van der Waals surface area contributed by atoms with E-state index in [4.69, 9.17) is 0 Å². The van der Waals surface area contributed by atoms with Crippen LogP contribution in [0.4, 0.5) is 4.39 Å². The molecular formula is C21H28FN3O3. The van der Waals surface area contributed by atoms with Gasteiger partial charge in [-0.3, -0.25) is 14.4 Å². The van der Waals surface area contributed by atoms with Crippen molar-refractivity contribution in [2.45, 2.75) is 39.2 Å². The Morgan fingerprint density at radius 1 is 1.07 bits per heavy atom. The minimum atomic E-state index is -0.317. The van der Waals surface area contributed by atoms with Crippen molar-refractivity contribution in [1.82, 2.24) is 15.1 Å². The third-order valence-electron chi connectivity index (χ3n) is 5.51. The lowest BCUT2D eigenvalue weighted by atomic mass is 9.95. The summed E-state index contributed by atoms with van der Waals surface area (Å²) in [6.45, 7) is 3.88.